The zero-order valence-electron chi connectivity index (χ0n) is 12.4. The Kier molecular flexibility index (Phi) is 2.82. The predicted molar refractivity (Wildman–Crippen MR) is 77.1 cm³/mol. The van der Waals surface area contributed by atoms with Crippen molar-refractivity contribution < 1.29 is 14.9 Å². The third kappa shape index (κ3) is 1.61. The lowest BCUT2D eigenvalue weighted by Crippen LogP contribution is -2.55. The Morgan fingerprint density at radius 2 is 1.80 bits per heavy atom. The van der Waals surface area contributed by atoms with Crippen molar-refractivity contribution in [2.24, 2.45) is 5.73 Å². The SMILES string of the molecule is Cc1c(C)c2c(c(C)c1O)C(O)(CN)CC1(CCC1)O2. The average molecular weight is 277 g/mol. The van der Waals surface area contributed by atoms with Crippen molar-refractivity contribution in [1.29, 1.82) is 0 Å². The average Bonchev–Trinajstić information content (AvgIpc) is 2.40. The zero-order chi connectivity index (χ0) is 14.7. The summed E-state index contributed by atoms with van der Waals surface area (Å²) in [6.07, 6.45) is 3.58. The number of hydrogen-bond donors (Lipinski definition) is 3. The van der Waals surface area contributed by atoms with Gasteiger partial charge in [0.25, 0.3) is 0 Å². The van der Waals surface area contributed by atoms with Gasteiger partial charge in [0.1, 0.15) is 22.7 Å². The van der Waals surface area contributed by atoms with E-state index >= 15 is 0 Å². The molecule has 1 aliphatic heterocycles. The van der Waals surface area contributed by atoms with E-state index in [1.807, 2.05) is 20.8 Å². The van der Waals surface area contributed by atoms with Crippen molar-refractivity contribution in [3.63, 3.8) is 0 Å². The van der Waals surface area contributed by atoms with Crippen molar-refractivity contribution in [3.05, 3.63) is 22.3 Å². The molecular formula is C16H23NO3. The van der Waals surface area contributed by atoms with Crippen LogP contribution < -0.4 is 10.5 Å². The molecule has 4 N–H and O–H groups in total. The van der Waals surface area contributed by atoms with Gasteiger partial charge in [-0.05, 0) is 51.2 Å². The molecule has 0 amide bonds. The van der Waals surface area contributed by atoms with Gasteiger partial charge in [0.05, 0.1) is 0 Å². The molecule has 4 heteroatoms. The van der Waals surface area contributed by atoms with Gasteiger partial charge in [-0.1, -0.05) is 0 Å². The highest BCUT2D eigenvalue weighted by atomic mass is 16.5. The fraction of sp³-hybridized carbons (Fsp3) is 0.625. The first-order chi connectivity index (χ1) is 9.33. The number of phenols is 1. The van der Waals surface area contributed by atoms with Crippen LogP contribution >= 0.6 is 0 Å². The van der Waals surface area contributed by atoms with E-state index in [4.69, 9.17) is 10.5 Å². The maximum atomic E-state index is 11.0. The number of nitrogens with two attached hydrogens (primary N) is 1. The number of benzene rings is 1. The summed E-state index contributed by atoms with van der Waals surface area (Å²) in [5.41, 5.74) is 7.59. The van der Waals surface area contributed by atoms with Gasteiger partial charge in [-0.3, -0.25) is 0 Å². The van der Waals surface area contributed by atoms with Crippen LogP contribution in [-0.2, 0) is 5.60 Å². The number of aliphatic hydroxyl groups is 1. The Hall–Kier alpha value is -1.26. The molecular weight excluding hydrogens is 254 g/mol. The second-order valence-electron chi connectivity index (χ2n) is 6.48. The molecule has 0 aromatic heterocycles. The molecule has 1 unspecified atom stereocenters. The number of hydrogen-bond acceptors (Lipinski definition) is 4. The van der Waals surface area contributed by atoms with E-state index in [2.05, 4.69) is 0 Å². The van der Waals surface area contributed by atoms with Crippen molar-refractivity contribution in [2.75, 3.05) is 6.54 Å². The second kappa shape index (κ2) is 4.12. The van der Waals surface area contributed by atoms with E-state index < -0.39 is 5.60 Å². The van der Waals surface area contributed by atoms with E-state index in [0.717, 1.165) is 36.1 Å². The van der Waals surface area contributed by atoms with Crippen LogP contribution in [0.25, 0.3) is 0 Å². The monoisotopic (exact) mass is 277 g/mol. The summed E-state index contributed by atoms with van der Waals surface area (Å²) in [6, 6.07) is 0. The quantitative estimate of drug-likeness (QED) is 0.735. The lowest BCUT2D eigenvalue weighted by atomic mass is 9.67. The van der Waals surface area contributed by atoms with Gasteiger partial charge >= 0.3 is 0 Å². The first-order valence-corrected chi connectivity index (χ1v) is 7.28. The van der Waals surface area contributed by atoms with Crippen LogP contribution in [0.5, 0.6) is 11.5 Å². The Morgan fingerprint density at radius 1 is 1.15 bits per heavy atom. The van der Waals surface area contributed by atoms with E-state index in [1.165, 1.54) is 0 Å². The summed E-state index contributed by atoms with van der Waals surface area (Å²) in [7, 11) is 0. The first kappa shape index (κ1) is 13.7. The summed E-state index contributed by atoms with van der Waals surface area (Å²) in [6.45, 7) is 5.78. The Balaban J connectivity index is 2.27. The van der Waals surface area contributed by atoms with Gasteiger partial charge in [-0.2, -0.15) is 0 Å². The number of ether oxygens (including phenoxy) is 1. The van der Waals surface area contributed by atoms with Crippen LogP contribution in [-0.4, -0.2) is 22.4 Å². The largest absolute Gasteiger partial charge is 0.507 e. The molecule has 1 aromatic carbocycles. The van der Waals surface area contributed by atoms with Crippen molar-refractivity contribution >= 4 is 0 Å². The molecule has 4 nitrogen and oxygen atoms in total. The standard InChI is InChI=1S/C16H23NO3/c1-9-10(2)14-12(11(3)13(9)18)16(19,8-17)7-15(20-14)5-4-6-15/h18-19H,4-8,17H2,1-3H3. The highest BCUT2D eigenvalue weighted by Crippen LogP contribution is 2.54. The smallest absolute Gasteiger partial charge is 0.129 e. The summed E-state index contributed by atoms with van der Waals surface area (Å²) in [5.74, 6) is 0.970. The number of rotatable bonds is 1. The van der Waals surface area contributed by atoms with Gasteiger partial charge in [0, 0.05) is 24.1 Å². The lowest BCUT2D eigenvalue weighted by molar-refractivity contribution is -0.111. The minimum absolute atomic E-state index is 0.147. The van der Waals surface area contributed by atoms with Gasteiger partial charge in [-0.15, -0.1) is 0 Å². The highest BCUT2D eigenvalue weighted by molar-refractivity contribution is 5.60. The van der Waals surface area contributed by atoms with Crippen LogP contribution in [0.1, 0.15) is 47.9 Å². The molecule has 1 aliphatic carbocycles. The highest BCUT2D eigenvalue weighted by Gasteiger charge is 2.52. The van der Waals surface area contributed by atoms with E-state index in [-0.39, 0.29) is 17.9 Å². The third-order valence-electron chi connectivity index (χ3n) is 5.22. The summed E-state index contributed by atoms with van der Waals surface area (Å²) in [4.78, 5) is 0. The van der Waals surface area contributed by atoms with Gasteiger partial charge < -0.3 is 20.7 Å². The molecule has 20 heavy (non-hydrogen) atoms. The Bertz CT molecular complexity index is 578. The normalized spacial score (nSPS) is 26.9. The summed E-state index contributed by atoms with van der Waals surface area (Å²) < 4.78 is 6.27. The van der Waals surface area contributed by atoms with E-state index in [1.54, 1.807) is 0 Å². The van der Waals surface area contributed by atoms with Crippen LogP contribution in [0.15, 0.2) is 0 Å². The molecule has 1 saturated carbocycles. The van der Waals surface area contributed by atoms with Crippen LogP contribution in [0.3, 0.4) is 0 Å². The van der Waals surface area contributed by atoms with Crippen molar-refractivity contribution in [3.8, 4) is 11.5 Å². The third-order valence-corrected chi connectivity index (χ3v) is 5.22. The first-order valence-electron chi connectivity index (χ1n) is 7.28. The molecule has 1 fully saturated rings. The Morgan fingerprint density at radius 3 is 2.30 bits per heavy atom. The van der Waals surface area contributed by atoms with Gasteiger partial charge in [0.15, 0.2) is 0 Å². The number of phenolic OH excluding ortho intramolecular Hbond substituents is 1. The molecule has 0 saturated heterocycles. The fourth-order valence-corrected chi connectivity index (χ4v) is 3.69. The minimum Gasteiger partial charge on any atom is -0.507 e. The second-order valence-corrected chi connectivity index (χ2v) is 6.48. The molecule has 2 aliphatic rings. The summed E-state index contributed by atoms with van der Waals surface area (Å²) in [5, 5.41) is 21.3. The molecule has 1 aromatic rings. The minimum atomic E-state index is -1.10. The molecule has 1 heterocycles. The molecule has 3 rings (SSSR count). The fourth-order valence-electron chi connectivity index (χ4n) is 3.69. The maximum Gasteiger partial charge on any atom is 0.129 e. The number of fused-ring (bicyclic) bond motifs is 1. The maximum absolute atomic E-state index is 11.0. The topological polar surface area (TPSA) is 75.7 Å². The molecule has 1 atom stereocenters. The summed E-state index contributed by atoms with van der Waals surface area (Å²) >= 11 is 0. The zero-order valence-corrected chi connectivity index (χ0v) is 12.4. The van der Waals surface area contributed by atoms with Crippen LogP contribution in [0.2, 0.25) is 0 Å². The molecule has 0 bridgehead atoms. The van der Waals surface area contributed by atoms with Crippen molar-refractivity contribution in [2.45, 2.75) is 57.7 Å². The Labute approximate surface area is 119 Å². The molecule has 0 radical (unpaired) electrons. The van der Waals surface area contributed by atoms with Gasteiger partial charge in [-0.25, -0.2) is 0 Å². The number of aromatic hydroxyl groups is 1. The van der Waals surface area contributed by atoms with E-state index in [0.29, 0.717) is 17.5 Å². The van der Waals surface area contributed by atoms with Crippen molar-refractivity contribution in [1.82, 2.24) is 0 Å². The van der Waals surface area contributed by atoms with E-state index in [9.17, 15) is 10.2 Å². The molecule has 1 spiro atoms. The molecule has 110 valence electrons. The van der Waals surface area contributed by atoms with Crippen LogP contribution in [0.4, 0.5) is 0 Å². The predicted octanol–water partition coefficient (Wildman–Crippen LogP) is 2.17. The van der Waals surface area contributed by atoms with Crippen LogP contribution in [0, 0.1) is 20.8 Å². The lowest BCUT2D eigenvalue weighted by Gasteiger charge is -2.51. The van der Waals surface area contributed by atoms with Gasteiger partial charge in [0.2, 0.25) is 0 Å².